The van der Waals surface area contributed by atoms with Crippen LogP contribution < -0.4 is 5.32 Å². The quantitative estimate of drug-likeness (QED) is 0.693. The first-order valence-corrected chi connectivity index (χ1v) is 7.83. The molecule has 110 valence electrons. The second-order valence-electron chi connectivity index (χ2n) is 4.56. The molecule has 0 saturated heterocycles. The predicted molar refractivity (Wildman–Crippen MR) is 71.6 cm³/mol. The van der Waals surface area contributed by atoms with E-state index in [1.807, 2.05) is 6.92 Å². The predicted octanol–water partition coefficient (Wildman–Crippen LogP) is -0.413. The number of nitrogens with one attached hydrogen (secondary N) is 1. The van der Waals surface area contributed by atoms with Crippen molar-refractivity contribution in [1.82, 2.24) is 14.6 Å². The van der Waals surface area contributed by atoms with Gasteiger partial charge in [-0.05, 0) is 25.1 Å². The molecule has 0 fully saturated rings. The lowest BCUT2D eigenvalue weighted by atomic mass is 10.2. The third kappa shape index (κ3) is 2.67. The summed E-state index contributed by atoms with van der Waals surface area (Å²) in [6, 6.07) is 2.93. The summed E-state index contributed by atoms with van der Waals surface area (Å²) in [5.74, 6) is -0.636. The van der Waals surface area contributed by atoms with Crippen LogP contribution in [-0.2, 0) is 10.0 Å². The Morgan fingerprint density at radius 1 is 1.50 bits per heavy atom. The van der Waals surface area contributed by atoms with Gasteiger partial charge < -0.3 is 10.4 Å². The molecule has 1 aromatic rings. The van der Waals surface area contributed by atoms with Crippen LogP contribution in [-0.4, -0.2) is 54.5 Å². The zero-order valence-electron chi connectivity index (χ0n) is 11.1. The van der Waals surface area contributed by atoms with Crippen LogP contribution in [0.3, 0.4) is 0 Å². The van der Waals surface area contributed by atoms with Crippen molar-refractivity contribution in [3.63, 3.8) is 0 Å². The molecule has 0 bridgehead atoms. The average Bonchev–Trinajstić information content (AvgIpc) is 2.61. The number of amides is 1. The van der Waals surface area contributed by atoms with Gasteiger partial charge in [-0.15, -0.1) is 0 Å². The molecule has 0 spiro atoms. The molecule has 0 saturated carbocycles. The Balaban J connectivity index is 2.13. The summed E-state index contributed by atoms with van der Waals surface area (Å²) in [4.78, 5) is 15.8. The number of pyridine rings is 1. The zero-order valence-corrected chi connectivity index (χ0v) is 11.9. The Labute approximate surface area is 117 Å². The Bertz CT molecular complexity index is 602. The van der Waals surface area contributed by atoms with Gasteiger partial charge in [0.25, 0.3) is 15.9 Å². The number of sulfonamides is 1. The SMILES string of the molecule is CCCNCC(O)CN1C(=O)c2cccnc2S1(=O)=O. The largest absolute Gasteiger partial charge is 0.390 e. The van der Waals surface area contributed by atoms with E-state index in [-0.39, 0.29) is 23.7 Å². The number of hydrogen-bond donors (Lipinski definition) is 2. The lowest BCUT2D eigenvalue weighted by Gasteiger charge is -2.19. The summed E-state index contributed by atoms with van der Waals surface area (Å²) < 4.78 is 25.0. The number of β-amino-alcohol motifs (C(OH)–C–C–N with tert-alkyl or cyclic N) is 1. The van der Waals surface area contributed by atoms with Crippen molar-refractivity contribution in [2.24, 2.45) is 0 Å². The molecule has 1 unspecified atom stereocenters. The summed E-state index contributed by atoms with van der Waals surface area (Å²) in [5, 5.41) is 12.6. The number of hydrogen-bond acceptors (Lipinski definition) is 6. The molecule has 0 aliphatic carbocycles. The van der Waals surface area contributed by atoms with Gasteiger partial charge in [-0.2, -0.15) is 8.42 Å². The minimum Gasteiger partial charge on any atom is -0.390 e. The molecule has 20 heavy (non-hydrogen) atoms. The van der Waals surface area contributed by atoms with Crippen molar-refractivity contribution in [3.8, 4) is 0 Å². The number of fused-ring (bicyclic) bond motifs is 1. The molecule has 1 aliphatic rings. The van der Waals surface area contributed by atoms with Gasteiger partial charge in [-0.25, -0.2) is 9.29 Å². The average molecular weight is 299 g/mol. The van der Waals surface area contributed by atoms with Crippen LogP contribution in [0, 0.1) is 0 Å². The summed E-state index contributed by atoms with van der Waals surface area (Å²) in [6.07, 6.45) is 1.28. The molecular formula is C12H17N3O4S. The van der Waals surface area contributed by atoms with Gasteiger partial charge in [0.15, 0.2) is 5.03 Å². The van der Waals surface area contributed by atoms with E-state index in [0.717, 1.165) is 13.0 Å². The van der Waals surface area contributed by atoms with E-state index < -0.39 is 22.0 Å². The third-order valence-corrected chi connectivity index (χ3v) is 4.66. The van der Waals surface area contributed by atoms with E-state index in [4.69, 9.17) is 0 Å². The maximum absolute atomic E-state index is 12.2. The molecule has 1 aromatic heterocycles. The monoisotopic (exact) mass is 299 g/mol. The molecule has 2 N–H and O–H groups in total. The first-order valence-electron chi connectivity index (χ1n) is 6.39. The number of aromatic nitrogens is 1. The van der Waals surface area contributed by atoms with E-state index in [1.54, 1.807) is 0 Å². The zero-order chi connectivity index (χ0) is 14.8. The number of nitrogens with zero attached hydrogens (tertiary/aromatic N) is 2. The topological polar surface area (TPSA) is 99.6 Å². The summed E-state index contributed by atoms with van der Waals surface area (Å²) in [6.45, 7) is 2.67. The lowest BCUT2D eigenvalue weighted by molar-refractivity contribution is 0.0792. The van der Waals surface area contributed by atoms with Gasteiger partial charge >= 0.3 is 0 Å². The van der Waals surface area contributed by atoms with Crippen LogP contribution in [0.2, 0.25) is 0 Å². The maximum Gasteiger partial charge on any atom is 0.285 e. The van der Waals surface area contributed by atoms with E-state index in [0.29, 0.717) is 4.31 Å². The molecule has 2 heterocycles. The molecule has 0 aromatic carbocycles. The second kappa shape index (κ2) is 5.86. The molecule has 0 radical (unpaired) electrons. The first kappa shape index (κ1) is 14.9. The van der Waals surface area contributed by atoms with Crippen LogP contribution in [0.1, 0.15) is 23.7 Å². The second-order valence-corrected chi connectivity index (χ2v) is 6.33. The van der Waals surface area contributed by atoms with Gasteiger partial charge in [0.05, 0.1) is 18.2 Å². The highest BCUT2D eigenvalue weighted by atomic mass is 32.2. The molecular weight excluding hydrogens is 282 g/mol. The number of rotatable bonds is 6. The van der Waals surface area contributed by atoms with Gasteiger partial charge in [-0.1, -0.05) is 6.92 Å². The fourth-order valence-corrected chi connectivity index (χ4v) is 3.51. The van der Waals surface area contributed by atoms with Crippen molar-refractivity contribution in [3.05, 3.63) is 23.9 Å². The fourth-order valence-electron chi connectivity index (χ4n) is 1.99. The maximum atomic E-state index is 12.2. The minimum absolute atomic E-state index is 0.0567. The number of carbonyl (C=O) groups excluding carboxylic acids is 1. The van der Waals surface area contributed by atoms with Gasteiger partial charge in [0.2, 0.25) is 0 Å². The van der Waals surface area contributed by atoms with Crippen LogP contribution in [0.4, 0.5) is 0 Å². The standard InChI is InChI=1S/C12H17N3O4S/c1-2-5-13-7-9(16)8-15-12(17)10-4-3-6-14-11(10)20(15,18)19/h3-4,6,9,13,16H,2,5,7-8H2,1H3. The van der Waals surface area contributed by atoms with E-state index in [9.17, 15) is 18.3 Å². The number of carbonyl (C=O) groups is 1. The highest BCUT2D eigenvalue weighted by Crippen LogP contribution is 2.27. The summed E-state index contributed by atoms with van der Waals surface area (Å²) >= 11 is 0. The van der Waals surface area contributed by atoms with Crippen LogP contribution >= 0.6 is 0 Å². The Hall–Kier alpha value is -1.51. The highest BCUT2D eigenvalue weighted by molar-refractivity contribution is 7.90. The van der Waals surface area contributed by atoms with Crippen molar-refractivity contribution in [1.29, 1.82) is 0 Å². The first-order chi connectivity index (χ1) is 9.48. The van der Waals surface area contributed by atoms with Gasteiger partial charge in [-0.3, -0.25) is 4.79 Å². The van der Waals surface area contributed by atoms with Gasteiger partial charge in [0.1, 0.15) is 0 Å². The Morgan fingerprint density at radius 2 is 2.25 bits per heavy atom. The fraction of sp³-hybridized carbons (Fsp3) is 0.500. The normalized spacial score (nSPS) is 18.1. The molecule has 2 rings (SSSR count). The summed E-state index contributed by atoms with van der Waals surface area (Å²) in [7, 11) is -3.94. The molecule has 1 amide bonds. The van der Waals surface area contributed by atoms with E-state index in [2.05, 4.69) is 10.3 Å². The van der Waals surface area contributed by atoms with Crippen LogP contribution in [0.15, 0.2) is 23.4 Å². The summed E-state index contributed by atoms with van der Waals surface area (Å²) in [5.41, 5.74) is 0.0567. The highest BCUT2D eigenvalue weighted by Gasteiger charge is 2.42. The Morgan fingerprint density at radius 3 is 2.90 bits per heavy atom. The van der Waals surface area contributed by atoms with Crippen molar-refractivity contribution < 1.29 is 18.3 Å². The van der Waals surface area contributed by atoms with Gasteiger partial charge in [0, 0.05) is 12.7 Å². The smallest absolute Gasteiger partial charge is 0.285 e. The van der Waals surface area contributed by atoms with E-state index in [1.165, 1.54) is 18.3 Å². The van der Waals surface area contributed by atoms with Crippen LogP contribution in [0.25, 0.3) is 0 Å². The number of aliphatic hydroxyl groups excluding tert-OH is 1. The third-order valence-electron chi connectivity index (χ3n) is 2.95. The molecule has 7 nitrogen and oxygen atoms in total. The molecule has 8 heteroatoms. The lowest BCUT2D eigenvalue weighted by Crippen LogP contribution is -2.41. The number of aliphatic hydroxyl groups is 1. The molecule has 1 aliphatic heterocycles. The van der Waals surface area contributed by atoms with Crippen molar-refractivity contribution >= 4 is 15.9 Å². The Kier molecular flexibility index (Phi) is 4.36. The molecule has 1 atom stereocenters. The minimum atomic E-state index is -3.94. The van der Waals surface area contributed by atoms with Crippen molar-refractivity contribution in [2.75, 3.05) is 19.6 Å². The van der Waals surface area contributed by atoms with Crippen LogP contribution in [0.5, 0.6) is 0 Å². The van der Waals surface area contributed by atoms with E-state index >= 15 is 0 Å². The van der Waals surface area contributed by atoms with Crippen molar-refractivity contribution in [2.45, 2.75) is 24.5 Å².